The maximum Gasteiger partial charge on any atom is 0.276 e. The highest BCUT2D eigenvalue weighted by atomic mass is 32.2. The SMILES string of the molecule is COc1ccc(C2SCC(=O)N2NC(=O)COc2ccc(NC(C)=O)cc2)cc1. The van der Waals surface area contributed by atoms with Crippen LogP contribution in [0.3, 0.4) is 0 Å². The summed E-state index contributed by atoms with van der Waals surface area (Å²) in [6, 6.07) is 14.0. The van der Waals surface area contributed by atoms with Crippen molar-refractivity contribution in [2.75, 3.05) is 24.8 Å². The summed E-state index contributed by atoms with van der Waals surface area (Å²) in [5.74, 6) is 0.689. The third-order valence-electron chi connectivity index (χ3n) is 4.06. The molecule has 3 rings (SSSR count). The highest BCUT2D eigenvalue weighted by molar-refractivity contribution is 8.00. The van der Waals surface area contributed by atoms with Crippen LogP contribution in [0.2, 0.25) is 0 Å². The van der Waals surface area contributed by atoms with E-state index in [0.29, 0.717) is 11.4 Å². The van der Waals surface area contributed by atoms with E-state index in [0.717, 1.165) is 11.3 Å². The molecule has 2 aromatic carbocycles. The molecule has 1 fully saturated rings. The van der Waals surface area contributed by atoms with Gasteiger partial charge < -0.3 is 14.8 Å². The van der Waals surface area contributed by atoms with Crippen LogP contribution in [-0.4, -0.2) is 42.2 Å². The average Bonchev–Trinajstić information content (AvgIpc) is 3.07. The summed E-state index contributed by atoms with van der Waals surface area (Å²) in [6.07, 6.45) is 0. The highest BCUT2D eigenvalue weighted by Gasteiger charge is 2.34. The lowest BCUT2D eigenvalue weighted by atomic mass is 10.2. The number of hydrogen-bond acceptors (Lipinski definition) is 6. The van der Waals surface area contributed by atoms with Crippen LogP contribution >= 0.6 is 11.8 Å². The van der Waals surface area contributed by atoms with Crippen molar-refractivity contribution in [3.8, 4) is 11.5 Å². The quantitative estimate of drug-likeness (QED) is 0.721. The zero-order valence-corrected chi connectivity index (χ0v) is 16.8. The number of carbonyl (C=O) groups excluding carboxylic acids is 3. The van der Waals surface area contributed by atoms with Gasteiger partial charge in [-0.3, -0.25) is 19.8 Å². The van der Waals surface area contributed by atoms with Crippen molar-refractivity contribution >= 4 is 35.2 Å². The van der Waals surface area contributed by atoms with Crippen LogP contribution in [0.25, 0.3) is 0 Å². The van der Waals surface area contributed by atoms with Gasteiger partial charge in [-0.15, -0.1) is 11.8 Å². The predicted molar refractivity (Wildman–Crippen MR) is 109 cm³/mol. The van der Waals surface area contributed by atoms with E-state index >= 15 is 0 Å². The fourth-order valence-electron chi connectivity index (χ4n) is 2.71. The Morgan fingerprint density at radius 1 is 1.10 bits per heavy atom. The number of methoxy groups -OCH3 is 1. The van der Waals surface area contributed by atoms with Crippen molar-refractivity contribution in [3.63, 3.8) is 0 Å². The number of hydrazine groups is 1. The van der Waals surface area contributed by atoms with Crippen molar-refractivity contribution in [1.82, 2.24) is 10.4 Å². The predicted octanol–water partition coefficient (Wildman–Crippen LogP) is 2.34. The van der Waals surface area contributed by atoms with Crippen LogP contribution < -0.4 is 20.2 Å². The minimum absolute atomic E-state index is 0.169. The van der Waals surface area contributed by atoms with Crippen molar-refractivity contribution in [2.24, 2.45) is 0 Å². The van der Waals surface area contributed by atoms with Gasteiger partial charge in [-0.1, -0.05) is 12.1 Å². The summed E-state index contributed by atoms with van der Waals surface area (Å²) >= 11 is 1.43. The molecule has 2 aromatic rings. The molecule has 2 N–H and O–H groups in total. The second kappa shape index (κ2) is 9.33. The van der Waals surface area contributed by atoms with Crippen LogP contribution in [-0.2, 0) is 14.4 Å². The van der Waals surface area contributed by atoms with E-state index in [-0.39, 0.29) is 29.5 Å². The van der Waals surface area contributed by atoms with Gasteiger partial charge in [-0.2, -0.15) is 0 Å². The summed E-state index contributed by atoms with van der Waals surface area (Å²) in [4.78, 5) is 35.5. The van der Waals surface area contributed by atoms with E-state index in [1.165, 1.54) is 23.7 Å². The van der Waals surface area contributed by atoms with E-state index in [2.05, 4.69) is 10.7 Å². The first kappa shape index (κ1) is 20.5. The van der Waals surface area contributed by atoms with Crippen LogP contribution in [0, 0.1) is 0 Å². The number of nitrogens with one attached hydrogen (secondary N) is 2. The van der Waals surface area contributed by atoms with E-state index in [4.69, 9.17) is 9.47 Å². The number of carbonyl (C=O) groups is 3. The largest absolute Gasteiger partial charge is 0.497 e. The number of anilines is 1. The molecule has 0 aromatic heterocycles. The van der Waals surface area contributed by atoms with Crippen LogP contribution in [0.5, 0.6) is 11.5 Å². The molecule has 1 heterocycles. The molecule has 0 aliphatic carbocycles. The van der Waals surface area contributed by atoms with E-state index in [9.17, 15) is 14.4 Å². The normalized spacial score (nSPS) is 15.7. The monoisotopic (exact) mass is 415 g/mol. The van der Waals surface area contributed by atoms with E-state index in [1.807, 2.05) is 24.3 Å². The summed E-state index contributed by atoms with van der Waals surface area (Å²) in [6.45, 7) is 1.18. The lowest BCUT2D eigenvalue weighted by Crippen LogP contribution is -2.46. The van der Waals surface area contributed by atoms with Gasteiger partial charge in [0.2, 0.25) is 5.91 Å². The fourth-order valence-corrected chi connectivity index (χ4v) is 3.82. The Kier molecular flexibility index (Phi) is 6.61. The van der Waals surface area contributed by atoms with Gasteiger partial charge in [0.05, 0.1) is 12.9 Å². The second-order valence-corrected chi connectivity index (χ2v) is 7.30. The summed E-state index contributed by atoms with van der Waals surface area (Å²) in [5, 5.41) is 3.67. The molecule has 1 unspecified atom stereocenters. The van der Waals surface area contributed by atoms with Gasteiger partial charge >= 0.3 is 0 Å². The topological polar surface area (TPSA) is 97.0 Å². The molecular formula is C20H21N3O5S. The zero-order valence-electron chi connectivity index (χ0n) is 16.0. The Balaban J connectivity index is 1.56. The summed E-state index contributed by atoms with van der Waals surface area (Å²) in [5.41, 5.74) is 4.15. The Bertz CT molecular complexity index is 886. The van der Waals surface area contributed by atoms with Gasteiger partial charge in [0.15, 0.2) is 6.61 Å². The standard InChI is InChI=1S/C20H21N3O5S/c1-13(24)21-15-5-9-17(10-6-15)28-11-18(25)22-23-19(26)12-29-20(23)14-3-7-16(27-2)8-4-14/h3-10,20H,11-12H2,1-2H3,(H,21,24)(H,22,25). The molecule has 0 saturated carbocycles. The molecule has 0 radical (unpaired) electrons. The Hall–Kier alpha value is -3.20. The molecular weight excluding hydrogens is 394 g/mol. The number of rotatable bonds is 7. The molecule has 8 nitrogen and oxygen atoms in total. The second-order valence-electron chi connectivity index (χ2n) is 6.23. The van der Waals surface area contributed by atoms with Gasteiger partial charge in [-0.05, 0) is 42.0 Å². The molecule has 0 spiro atoms. The van der Waals surface area contributed by atoms with Crippen LogP contribution in [0.15, 0.2) is 48.5 Å². The van der Waals surface area contributed by atoms with Crippen LogP contribution in [0.4, 0.5) is 5.69 Å². The molecule has 1 aliphatic heterocycles. The minimum Gasteiger partial charge on any atom is -0.497 e. The van der Waals surface area contributed by atoms with Crippen molar-refractivity contribution < 1.29 is 23.9 Å². The maximum absolute atomic E-state index is 12.3. The van der Waals surface area contributed by atoms with Crippen molar-refractivity contribution in [3.05, 3.63) is 54.1 Å². The average molecular weight is 415 g/mol. The maximum atomic E-state index is 12.3. The number of hydrogen-bond donors (Lipinski definition) is 2. The Morgan fingerprint density at radius 3 is 2.38 bits per heavy atom. The smallest absolute Gasteiger partial charge is 0.276 e. The first-order valence-corrected chi connectivity index (χ1v) is 9.88. The van der Waals surface area contributed by atoms with Crippen molar-refractivity contribution in [2.45, 2.75) is 12.3 Å². The molecule has 1 atom stereocenters. The Morgan fingerprint density at radius 2 is 1.76 bits per heavy atom. The summed E-state index contributed by atoms with van der Waals surface area (Å²) < 4.78 is 10.6. The zero-order chi connectivity index (χ0) is 20.8. The molecule has 3 amide bonds. The lowest BCUT2D eigenvalue weighted by molar-refractivity contribution is -0.140. The lowest BCUT2D eigenvalue weighted by Gasteiger charge is -2.24. The number of benzene rings is 2. The van der Waals surface area contributed by atoms with E-state index < -0.39 is 5.91 Å². The van der Waals surface area contributed by atoms with Gasteiger partial charge in [0.1, 0.15) is 16.9 Å². The molecule has 0 bridgehead atoms. The van der Waals surface area contributed by atoms with E-state index in [1.54, 1.807) is 31.4 Å². The molecule has 152 valence electrons. The van der Waals surface area contributed by atoms with Gasteiger partial charge in [0.25, 0.3) is 11.8 Å². The van der Waals surface area contributed by atoms with Crippen LogP contribution in [0.1, 0.15) is 17.9 Å². The fraction of sp³-hybridized carbons (Fsp3) is 0.250. The number of thioether (sulfide) groups is 1. The first-order chi connectivity index (χ1) is 14.0. The highest BCUT2D eigenvalue weighted by Crippen LogP contribution is 2.37. The third kappa shape index (κ3) is 5.41. The van der Waals surface area contributed by atoms with Crippen molar-refractivity contribution in [1.29, 1.82) is 0 Å². The Labute approximate surface area is 172 Å². The molecule has 1 saturated heterocycles. The number of amides is 3. The first-order valence-electron chi connectivity index (χ1n) is 8.84. The van der Waals surface area contributed by atoms with Gasteiger partial charge in [0, 0.05) is 12.6 Å². The number of ether oxygens (including phenoxy) is 2. The summed E-state index contributed by atoms with van der Waals surface area (Å²) in [7, 11) is 1.59. The molecule has 1 aliphatic rings. The molecule has 9 heteroatoms. The third-order valence-corrected chi connectivity index (χ3v) is 5.27. The number of nitrogens with zero attached hydrogens (tertiary/aromatic N) is 1. The van der Waals surface area contributed by atoms with Gasteiger partial charge in [-0.25, -0.2) is 5.01 Å². The minimum atomic E-state index is -0.440. The molecule has 29 heavy (non-hydrogen) atoms.